The number of hydrogen-bond acceptors (Lipinski definition) is 12. The molecule has 0 saturated heterocycles. The number of rotatable bonds is 2. The minimum Gasteiger partial charge on any atom is -0.382 e. The SMILES string of the molecule is Nc1nc(N)c2c(ncn2C(=O)c2ccccc2C(=O)n2cnc3nc(N)nc(N)c32)n1. The zero-order valence-electron chi connectivity index (χ0n) is 16.2. The predicted octanol–water partition coefficient (Wildman–Crippen LogP) is -0.328. The first kappa shape index (κ1) is 18.9. The Morgan fingerprint density at radius 3 is 1.47 bits per heavy atom. The molecule has 32 heavy (non-hydrogen) atoms. The Bertz CT molecular complexity index is 1450. The van der Waals surface area contributed by atoms with E-state index >= 15 is 0 Å². The molecule has 0 amide bonds. The number of anilines is 4. The molecule has 158 valence electrons. The van der Waals surface area contributed by atoms with Gasteiger partial charge in [0.2, 0.25) is 11.9 Å². The van der Waals surface area contributed by atoms with Crippen molar-refractivity contribution in [3.05, 3.63) is 48.0 Å². The van der Waals surface area contributed by atoms with Gasteiger partial charge >= 0.3 is 0 Å². The van der Waals surface area contributed by atoms with Crippen LogP contribution in [0.5, 0.6) is 0 Å². The lowest BCUT2D eigenvalue weighted by Crippen LogP contribution is -2.20. The van der Waals surface area contributed by atoms with Crippen molar-refractivity contribution >= 4 is 57.7 Å². The molecular formula is C18H14N12O2. The second-order valence-electron chi connectivity index (χ2n) is 6.66. The van der Waals surface area contributed by atoms with Crippen molar-refractivity contribution in [1.29, 1.82) is 0 Å². The average molecular weight is 430 g/mol. The van der Waals surface area contributed by atoms with E-state index in [0.29, 0.717) is 0 Å². The first-order chi connectivity index (χ1) is 15.3. The van der Waals surface area contributed by atoms with Gasteiger partial charge in [0.25, 0.3) is 11.8 Å². The maximum atomic E-state index is 13.4. The third-order valence-electron chi connectivity index (χ3n) is 4.72. The fraction of sp³-hybridized carbons (Fsp3) is 0. The number of hydrogen-bond donors (Lipinski definition) is 4. The molecular weight excluding hydrogens is 416 g/mol. The molecule has 0 radical (unpaired) electrons. The quantitative estimate of drug-likeness (QED) is 0.282. The number of nitrogens with zero attached hydrogens (tertiary/aromatic N) is 8. The molecule has 0 saturated carbocycles. The van der Waals surface area contributed by atoms with Gasteiger partial charge in [0.1, 0.15) is 23.7 Å². The van der Waals surface area contributed by atoms with Gasteiger partial charge in [-0.05, 0) is 12.1 Å². The lowest BCUT2D eigenvalue weighted by atomic mass is 10.1. The molecule has 0 unspecified atom stereocenters. The summed E-state index contributed by atoms with van der Waals surface area (Å²) in [7, 11) is 0. The summed E-state index contributed by atoms with van der Waals surface area (Å²) in [5.41, 5.74) is 23.8. The van der Waals surface area contributed by atoms with E-state index < -0.39 is 11.8 Å². The molecule has 0 bridgehead atoms. The number of benzene rings is 1. The highest BCUT2D eigenvalue weighted by Gasteiger charge is 2.24. The zero-order valence-corrected chi connectivity index (χ0v) is 16.2. The molecule has 4 aromatic heterocycles. The van der Waals surface area contributed by atoms with Crippen molar-refractivity contribution < 1.29 is 9.59 Å². The molecule has 0 aliphatic carbocycles. The fourth-order valence-electron chi connectivity index (χ4n) is 3.36. The molecule has 5 rings (SSSR count). The molecule has 0 spiro atoms. The summed E-state index contributed by atoms with van der Waals surface area (Å²) < 4.78 is 2.31. The van der Waals surface area contributed by atoms with E-state index in [2.05, 4.69) is 29.9 Å². The highest BCUT2D eigenvalue weighted by molar-refractivity contribution is 6.12. The van der Waals surface area contributed by atoms with Gasteiger partial charge in [0.15, 0.2) is 22.9 Å². The van der Waals surface area contributed by atoms with Gasteiger partial charge in [-0.25, -0.2) is 9.97 Å². The van der Waals surface area contributed by atoms with E-state index in [4.69, 9.17) is 22.9 Å². The number of carbonyl (C=O) groups excluding carboxylic acids is 2. The Labute approximate surface area is 177 Å². The smallest absolute Gasteiger partial charge is 0.264 e. The number of aromatic nitrogens is 8. The van der Waals surface area contributed by atoms with E-state index in [1.165, 1.54) is 24.8 Å². The maximum absolute atomic E-state index is 13.4. The Balaban J connectivity index is 1.65. The number of nitrogen functional groups attached to an aromatic ring is 4. The lowest BCUT2D eigenvalue weighted by molar-refractivity contribution is 0.0930. The monoisotopic (exact) mass is 430 g/mol. The van der Waals surface area contributed by atoms with Gasteiger partial charge in [-0.15, -0.1) is 0 Å². The van der Waals surface area contributed by atoms with Crippen LogP contribution >= 0.6 is 0 Å². The van der Waals surface area contributed by atoms with E-state index in [-0.39, 0.29) is 57.0 Å². The molecule has 5 aromatic rings. The van der Waals surface area contributed by atoms with Gasteiger partial charge in [0.05, 0.1) is 11.1 Å². The number of nitrogens with two attached hydrogens (primary N) is 4. The lowest BCUT2D eigenvalue weighted by Gasteiger charge is -2.10. The minimum absolute atomic E-state index is 0.0229. The standard InChI is InChI=1S/C18H14N12O2/c19-11-9-13(27-17(21)25-11)23-5-29(9)15(31)7-3-1-2-4-8(7)16(32)30-6-24-14-10(30)12(20)26-18(22)28-14/h1-6H,(H4,19,21,25,27)(H4,20,22,26,28). The first-order valence-electron chi connectivity index (χ1n) is 9.05. The molecule has 14 nitrogen and oxygen atoms in total. The van der Waals surface area contributed by atoms with Crippen LogP contribution in [0.3, 0.4) is 0 Å². The number of fused-ring (bicyclic) bond motifs is 2. The highest BCUT2D eigenvalue weighted by atomic mass is 16.2. The van der Waals surface area contributed by atoms with Crippen LogP contribution in [-0.2, 0) is 0 Å². The Morgan fingerprint density at radius 1 is 0.656 bits per heavy atom. The molecule has 4 heterocycles. The van der Waals surface area contributed by atoms with Crippen molar-refractivity contribution in [3.8, 4) is 0 Å². The largest absolute Gasteiger partial charge is 0.382 e. The molecule has 0 atom stereocenters. The summed E-state index contributed by atoms with van der Waals surface area (Å²) in [6.45, 7) is 0. The van der Waals surface area contributed by atoms with Crippen LogP contribution in [0.4, 0.5) is 23.5 Å². The van der Waals surface area contributed by atoms with Gasteiger partial charge in [0, 0.05) is 0 Å². The van der Waals surface area contributed by atoms with Gasteiger partial charge in [-0.1, -0.05) is 12.1 Å². The van der Waals surface area contributed by atoms with Gasteiger partial charge < -0.3 is 22.9 Å². The van der Waals surface area contributed by atoms with Crippen LogP contribution in [0, 0.1) is 0 Å². The third-order valence-corrected chi connectivity index (χ3v) is 4.72. The van der Waals surface area contributed by atoms with Gasteiger partial charge in [-0.2, -0.15) is 19.9 Å². The van der Waals surface area contributed by atoms with Crippen molar-refractivity contribution in [3.63, 3.8) is 0 Å². The normalized spacial score (nSPS) is 11.2. The fourth-order valence-corrected chi connectivity index (χ4v) is 3.36. The van der Waals surface area contributed by atoms with Crippen molar-refractivity contribution in [1.82, 2.24) is 39.0 Å². The topological polar surface area (TPSA) is 225 Å². The van der Waals surface area contributed by atoms with Crippen LogP contribution in [0.15, 0.2) is 36.9 Å². The molecule has 0 fully saturated rings. The highest BCUT2D eigenvalue weighted by Crippen LogP contribution is 2.23. The van der Waals surface area contributed by atoms with Crippen molar-refractivity contribution in [2.45, 2.75) is 0 Å². The summed E-state index contributed by atoms with van der Waals surface area (Å²) in [4.78, 5) is 50.5. The molecule has 14 heteroatoms. The van der Waals surface area contributed by atoms with E-state index in [1.807, 2.05) is 0 Å². The zero-order chi connectivity index (χ0) is 22.6. The van der Waals surface area contributed by atoms with Crippen molar-refractivity contribution in [2.75, 3.05) is 22.9 Å². The Hall–Kier alpha value is -5.14. The predicted molar refractivity (Wildman–Crippen MR) is 114 cm³/mol. The second-order valence-corrected chi connectivity index (χ2v) is 6.66. The number of carbonyl (C=O) groups is 2. The second kappa shape index (κ2) is 6.69. The van der Waals surface area contributed by atoms with Crippen LogP contribution < -0.4 is 22.9 Å². The summed E-state index contributed by atoms with van der Waals surface area (Å²) >= 11 is 0. The Morgan fingerprint density at radius 2 is 1.06 bits per heavy atom. The summed E-state index contributed by atoms with van der Waals surface area (Å²) in [5.74, 6) is -1.34. The van der Waals surface area contributed by atoms with Crippen LogP contribution in [-0.4, -0.2) is 50.9 Å². The average Bonchev–Trinajstić information content (AvgIpc) is 3.37. The summed E-state index contributed by atoms with van der Waals surface area (Å²) in [5, 5.41) is 0. The summed E-state index contributed by atoms with van der Waals surface area (Å²) in [6.07, 6.45) is 2.47. The van der Waals surface area contributed by atoms with Crippen LogP contribution in [0.25, 0.3) is 22.3 Å². The molecule has 0 aliphatic rings. The van der Waals surface area contributed by atoms with Crippen molar-refractivity contribution in [2.24, 2.45) is 0 Å². The molecule has 8 N–H and O–H groups in total. The summed E-state index contributed by atoms with van der Waals surface area (Å²) in [6, 6.07) is 6.22. The van der Waals surface area contributed by atoms with Gasteiger partial charge in [-0.3, -0.25) is 18.7 Å². The minimum atomic E-state index is -0.575. The van der Waals surface area contributed by atoms with E-state index in [1.54, 1.807) is 12.1 Å². The van der Waals surface area contributed by atoms with E-state index in [9.17, 15) is 9.59 Å². The maximum Gasteiger partial charge on any atom is 0.264 e. The third kappa shape index (κ3) is 2.74. The number of imidazole rings is 2. The van der Waals surface area contributed by atoms with Crippen LogP contribution in [0.1, 0.15) is 20.7 Å². The first-order valence-corrected chi connectivity index (χ1v) is 9.05. The van der Waals surface area contributed by atoms with Crippen LogP contribution in [0.2, 0.25) is 0 Å². The van der Waals surface area contributed by atoms with E-state index in [0.717, 1.165) is 9.13 Å². The molecule has 1 aromatic carbocycles. The molecule has 0 aliphatic heterocycles. The Kier molecular flexibility index (Phi) is 3.95.